The van der Waals surface area contributed by atoms with E-state index in [-0.39, 0.29) is 5.75 Å². The van der Waals surface area contributed by atoms with Gasteiger partial charge in [-0.25, -0.2) is 4.79 Å². The number of carbonyl (C=O) groups excluding carboxylic acids is 1. The molecule has 0 unspecified atom stereocenters. The van der Waals surface area contributed by atoms with Gasteiger partial charge in [0.1, 0.15) is 17.2 Å². The van der Waals surface area contributed by atoms with Gasteiger partial charge in [-0.05, 0) is 47.5 Å². The summed E-state index contributed by atoms with van der Waals surface area (Å²) in [6, 6.07) is 22.6. The highest BCUT2D eigenvalue weighted by Crippen LogP contribution is 2.24. The molecule has 23 heavy (non-hydrogen) atoms. The number of benzene rings is 3. The number of rotatable bonds is 3. The topological polar surface area (TPSA) is 55.8 Å². The minimum atomic E-state index is -0.784. The molecule has 114 valence electrons. The Hall–Kier alpha value is -3.27. The maximum Gasteiger partial charge on any atom is 0.519 e. The maximum absolute atomic E-state index is 11.7. The number of hydrogen-bond donors (Lipinski definition) is 1. The Morgan fingerprint density at radius 2 is 1.13 bits per heavy atom. The van der Waals surface area contributed by atoms with E-state index in [2.05, 4.69) is 0 Å². The molecule has 0 aliphatic carbocycles. The van der Waals surface area contributed by atoms with E-state index < -0.39 is 6.16 Å². The number of ether oxygens (including phenoxy) is 2. The van der Waals surface area contributed by atoms with Gasteiger partial charge in [-0.3, -0.25) is 0 Å². The maximum atomic E-state index is 11.7. The van der Waals surface area contributed by atoms with Crippen LogP contribution in [0, 0.1) is 0 Å². The quantitative estimate of drug-likeness (QED) is 0.566. The van der Waals surface area contributed by atoms with E-state index in [0.717, 1.165) is 11.1 Å². The second kappa shape index (κ2) is 6.66. The molecule has 0 spiro atoms. The van der Waals surface area contributed by atoms with Crippen LogP contribution in [0.3, 0.4) is 0 Å². The summed E-state index contributed by atoms with van der Waals surface area (Å²) in [6.07, 6.45) is -0.784. The fraction of sp³-hybridized carbons (Fsp3) is 0. The van der Waals surface area contributed by atoms with Gasteiger partial charge in [0.05, 0.1) is 0 Å². The van der Waals surface area contributed by atoms with Crippen molar-refractivity contribution in [2.75, 3.05) is 0 Å². The lowest BCUT2D eigenvalue weighted by molar-refractivity contribution is 0.152. The Bertz CT molecular complexity index is 778. The summed E-state index contributed by atoms with van der Waals surface area (Å²) in [7, 11) is 0. The Kier molecular flexibility index (Phi) is 4.25. The summed E-state index contributed by atoms with van der Waals surface area (Å²) >= 11 is 0. The fourth-order valence-electron chi connectivity index (χ4n) is 2.07. The molecule has 3 aromatic rings. The van der Waals surface area contributed by atoms with Gasteiger partial charge in [-0.2, -0.15) is 0 Å². The molecule has 0 saturated carbocycles. The van der Waals surface area contributed by atoms with Crippen LogP contribution >= 0.6 is 0 Å². The molecule has 0 atom stereocenters. The molecule has 4 nitrogen and oxygen atoms in total. The highest BCUT2D eigenvalue weighted by molar-refractivity contribution is 5.69. The standard InChI is InChI=1S/C19H14O4/c20-16-10-6-14(7-11-16)15-8-12-18(13-9-15)23-19(21)22-17-4-2-1-3-5-17/h1-13,20H. The Morgan fingerprint density at radius 1 is 0.652 bits per heavy atom. The van der Waals surface area contributed by atoms with E-state index in [4.69, 9.17) is 9.47 Å². The van der Waals surface area contributed by atoms with Crippen LogP contribution in [0.15, 0.2) is 78.9 Å². The number of para-hydroxylation sites is 1. The molecule has 3 rings (SSSR count). The molecule has 0 radical (unpaired) electrons. The molecular weight excluding hydrogens is 292 g/mol. The van der Waals surface area contributed by atoms with Gasteiger partial charge in [0, 0.05) is 0 Å². The summed E-state index contributed by atoms with van der Waals surface area (Å²) in [5, 5.41) is 9.30. The number of aromatic hydroxyl groups is 1. The van der Waals surface area contributed by atoms with Gasteiger partial charge < -0.3 is 14.6 Å². The van der Waals surface area contributed by atoms with Gasteiger partial charge in [0.25, 0.3) is 0 Å². The molecule has 0 amide bonds. The molecule has 1 N–H and O–H groups in total. The zero-order valence-corrected chi connectivity index (χ0v) is 12.2. The zero-order chi connectivity index (χ0) is 16.1. The van der Waals surface area contributed by atoms with Crippen molar-refractivity contribution in [3.63, 3.8) is 0 Å². The third-order valence-corrected chi connectivity index (χ3v) is 3.20. The van der Waals surface area contributed by atoms with Crippen LogP contribution in [0.2, 0.25) is 0 Å². The molecule has 0 aliphatic heterocycles. The van der Waals surface area contributed by atoms with Crippen molar-refractivity contribution in [3.05, 3.63) is 78.9 Å². The average Bonchev–Trinajstić information content (AvgIpc) is 2.57. The van der Waals surface area contributed by atoms with Crippen molar-refractivity contribution in [1.29, 1.82) is 0 Å². The van der Waals surface area contributed by atoms with Crippen molar-refractivity contribution < 1.29 is 19.4 Å². The molecule has 0 aromatic heterocycles. The third kappa shape index (κ3) is 3.89. The minimum Gasteiger partial charge on any atom is -0.508 e. The lowest BCUT2D eigenvalue weighted by atomic mass is 10.1. The smallest absolute Gasteiger partial charge is 0.508 e. The molecule has 4 heteroatoms. The second-order valence-electron chi connectivity index (χ2n) is 4.84. The van der Waals surface area contributed by atoms with Crippen molar-refractivity contribution in [2.45, 2.75) is 0 Å². The largest absolute Gasteiger partial charge is 0.519 e. The van der Waals surface area contributed by atoms with Gasteiger partial charge in [0.15, 0.2) is 0 Å². The molecular formula is C19H14O4. The highest BCUT2D eigenvalue weighted by Gasteiger charge is 2.08. The molecule has 0 saturated heterocycles. The van der Waals surface area contributed by atoms with Crippen molar-refractivity contribution >= 4 is 6.16 Å². The van der Waals surface area contributed by atoms with Crippen LogP contribution in [0.25, 0.3) is 11.1 Å². The third-order valence-electron chi connectivity index (χ3n) is 3.20. The summed E-state index contributed by atoms with van der Waals surface area (Å²) in [5.41, 5.74) is 1.91. The summed E-state index contributed by atoms with van der Waals surface area (Å²) < 4.78 is 10.2. The van der Waals surface area contributed by atoms with Crippen molar-refractivity contribution in [3.8, 4) is 28.4 Å². The van der Waals surface area contributed by atoms with Crippen LogP contribution in [-0.4, -0.2) is 11.3 Å². The lowest BCUT2D eigenvalue weighted by Gasteiger charge is -2.06. The Labute approximate surface area is 133 Å². The average molecular weight is 306 g/mol. The van der Waals surface area contributed by atoms with Crippen molar-refractivity contribution in [1.82, 2.24) is 0 Å². The van der Waals surface area contributed by atoms with Crippen molar-refractivity contribution in [2.24, 2.45) is 0 Å². The van der Waals surface area contributed by atoms with Gasteiger partial charge in [-0.15, -0.1) is 0 Å². The number of phenolic OH excluding ortho intramolecular Hbond substituents is 1. The van der Waals surface area contributed by atoms with E-state index in [1.165, 1.54) is 0 Å². The SMILES string of the molecule is O=C(Oc1ccccc1)Oc1ccc(-c2ccc(O)cc2)cc1. The van der Waals surface area contributed by atoms with E-state index in [1.807, 2.05) is 30.3 Å². The zero-order valence-electron chi connectivity index (χ0n) is 12.2. The first-order chi connectivity index (χ1) is 11.2. The summed E-state index contributed by atoms with van der Waals surface area (Å²) in [5.74, 6) is 1.05. The second-order valence-corrected chi connectivity index (χ2v) is 4.84. The molecule has 0 aliphatic rings. The monoisotopic (exact) mass is 306 g/mol. The van der Waals surface area contributed by atoms with Gasteiger partial charge in [0.2, 0.25) is 0 Å². The molecule has 0 bridgehead atoms. The highest BCUT2D eigenvalue weighted by atomic mass is 16.7. The van der Waals surface area contributed by atoms with Gasteiger partial charge in [-0.1, -0.05) is 42.5 Å². The van der Waals surface area contributed by atoms with E-state index >= 15 is 0 Å². The van der Waals surface area contributed by atoms with Gasteiger partial charge >= 0.3 is 6.16 Å². The molecule has 0 heterocycles. The Balaban J connectivity index is 1.65. The first kappa shape index (κ1) is 14.7. The van der Waals surface area contributed by atoms with Crippen LogP contribution in [0.5, 0.6) is 17.2 Å². The first-order valence-corrected chi connectivity index (χ1v) is 7.05. The summed E-state index contributed by atoms with van der Waals surface area (Å²) in [6.45, 7) is 0. The fourth-order valence-corrected chi connectivity index (χ4v) is 2.07. The predicted molar refractivity (Wildman–Crippen MR) is 86.6 cm³/mol. The van der Waals surface area contributed by atoms with E-state index in [9.17, 15) is 9.90 Å². The van der Waals surface area contributed by atoms with Crippen LogP contribution in [-0.2, 0) is 0 Å². The van der Waals surface area contributed by atoms with Crippen LogP contribution in [0.1, 0.15) is 0 Å². The number of phenols is 1. The lowest BCUT2D eigenvalue weighted by Crippen LogP contribution is -2.13. The van der Waals surface area contributed by atoms with E-state index in [1.54, 1.807) is 48.5 Å². The number of hydrogen-bond acceptors (Lipinski definition) is 4. The van der Waals surface area contributed by atoms with Crippen LogP contribution in [0.4, 0.5) is 4.79 Å². The first-order valence-electron chi connectivity index (χ1n) is 7.05. The number of carbonyl (C=O) groups is 1. The molecule has 3 aromatic carbocycles. The predicted octanol–water partition coefficient (Wildman–Crippen LogP) is 4.64. The Morgan fingerprint density at radius 3 is 1.70 bits per heavy atom. The summed E-state index contributed by atoms with van der Waals surface area (Å²) in [4.78, 5) is 11.7. The molecule has 0 fully saturated rings. The van der Waals surface area contributed by atoms with E-state index in [0.29, 0.717) is 11.5 Å². The normalized spacial score (nSPS) is 10.1. The van der Waals surface area contributed by atoms with Crippen LogP contribution < -0.4 is 9.47 Å². The minimum absolute atomic E-state index is 0.220.